The van der Waals surface area contributed by atoms with E-state index < -0.39 is 0 Å². The van der Waals surface area contributed by atoms with Crippen molar-refractivity contribution in [1.29, 1.82) is 0 Å². The zero-order valence-corrected chi connectivity index (χ0v) is 31.1. The first kappa shape index (κ1) is 34.0. The van der Waals surface area contributed by atoms with Gasteiger partial charge in [-0.25, -0.2) is 0 Å². The van der Waals surface area contributed by atoms with E-state index >= 15 is 0 Å². The summed E-state index contributed by atoms with van der Waals surface area (Å²) in [5, 5.41) is 7.78. The summed E-state index contributed by atoms with van der Waals surface area (Å²) in [6.45, 7) is 13.0. The van der Waals surface area contributed by atoms with Gasteiger partial charge in [-0.15, -0.1) is 63.8 Å². The maximum atomic E-state index is 5.43. The van der Waals surface area contributed by atoms with Crippen molar-refractivity contribution in [2.45, 2.75) is 53.4 Å². The van der Waals surface area contributed by atoms with Gasteiger partial charge in [0.1, 0.15) is 0 Å². The monoisotopic (exact) mass is 818 g/mol. The maximum absolute atomic E-state index is 5.43. The first-order valence-corrected chi connectivity index (χ1v) is 16.6. The molecule has 0 aliphatic carbocycles. The Hall–Kier alpha value is -4.83. The van der Waals surface area contributed by atoms with E-state index in [9.17, 15) is 0 Å². The minimum Gasteiger partial charge on any atom is -0.366 e. The second kappa shape index (κ2) is 14.3. The standard InChI is InChI=1S/C25H19N2.C19H20NO.Ir/c1-17-15-23(26-16-18(17)2)22-13-8-12-21-20-11-6-7-14-24(20)27(25(21)22)19-9-4-3-5-10-19;1-12(2)14-9-15(13(3)4)11-16(10-14)19-17-7-5-6-8-18(17)21-20-19;/h3-12,14-16H,1-2H3;5-10,12-13H,1-4H3;/q2*-1;. The van der Waals surface area contributed by atoms with Crippen LogP contribution in [0.1, 0.15) is 61.8 Å². The molecule has 8 aromatic rings. The molecule has 0 aliphatic rings. The molecular weight excluding hydrogens is 779 g/mol. The smallest absolute Gasteiger partial charge is 0.157 e. The Morgan fingerprint density at radius 1 is 0.714 bits per heavy atom. The van der Waals surface area contributed by atoms with E-state index in [0.717, 1.165) is 44.7 Å². The zero-order chi connectivity index (χ0) is 33.4. The fourth-order valence-electron chi connectivity index (χ4n) is 6.23. The Kier molecular flexibility index (Phi) is 9.96. The van der Waals surface area contributed by atoms with Crippen molar-refractivity contribution in [2.24, 2.45) is 0 Å². The Bertz CT molecular complexity index is 2360. The third-order valence-corrected chi connectivity index (χ3v) is 9.10. The molecule has 5 heteroatoms. The molecule has 0 saturated carbocycles. The van der Waals surface area contributed by atoms with Gasteiger partial charge >= 0.3 is 0 Å². The minimum absolute atomic E-state index is 0. The first-order chi connectivity index (χ1) is 23.3. The molecule has 247 valence electrons. The van der Waals surface area contributed by atoms with Crippen molar-refractivity contribution in [1.82, 2.24) is 14.7 Å². The van der Waals surface area contributed by atoms with Gasteiger partial charge in [-0.1, -0.05) is 99.3 Å². The summed E-state index contributed by atoms with van der Waals surface area (Å²) in [5.41, 5.74) is 13.2. The van der Waals surface area contributed by atoms with Gasteiger partial charge in [0.05, 0.1) is 0 Å². The van der Waals surface area contributed by atoms with Crippen molar-refractivity contribution in [3.63, 3.8) is 0 Å². The number of fused-ring (bicyclic) bond motifs is 4. The van der Waals surface area contributed by atoms with Gasteiger partial charge in [0.15, 0.2) is 5.58 Å². The van der Waals surface area contributed by atoms with Crippen LogP contribution < -0.4 is 0 Å². The second-order valence-corrected chi connectivity index (χ2v) is 13.1. The molecule has 0 N–H and O–H groups in total. The third-order valence-electron chi connectivity index (χ3n) is 9.10. The summed E-state index contributed by atoms with van der Waals surface area (Å²) in [5.74, 6) is 0.926. The average molecular weight is 818 g/mol. The first-order valence-electron chi connectivity index (χ1n) is 16.6. The van der Waals surface area contributed by atoms with Gasteiger partial charge in [-0.3, -0.25) is 0 Å². The van der Waals surface area contributed by atoms with Crippen LogP contribution in [0.15, 0.2) is 120 Å². The summed E-state index contributed by atoms with van der Waals surface area (Å²) in [7, 11) is 0. The number of nitrogens with zero attached hydrogens (tertiary/aromatic N) is 3. The van der Waals surface area contributed by atoms with Gasteiger partial charge in [-0.2, -0.15) is 0 Å². The number of hydrogen-bond acceptors (Lipinski definition) is 3. The van der Waals surface area contributed by atoms with E-state index in [-0.39, 0.29) is 20.1 Å². The van der Waals surface area contributed by atoms with Gasteiger partial charge in [-0.05, 0) is 72.1 Å². The van der Waals surface area contributed by atoms with Crippen molar-refractivity contribution in [2.75, 3.05) is 0 Å². The molecule has 4 nitrogen and oxygen atoms in total. The summed E-state index contributed by atoms with van der Waals surface area (Å²) in [6.07, 6.45) is 1.95. The van der Waals surface area contributed by atoms with Crippen LogP contribution in [0.2, 0.25) is 0 Å². The van der Waals surface area contributed by atoms with E-state index in [2.05, 4.69) is 142 Å². The van der Waals surface area contributed by atoms with Crippen LogP contribution in [0.25, 0.3) is 61.0 Å². The number of aryl methyl sites for hydroxylation is 2. The van der Waals surface area contributed by atoms with Crippen LogP contribution in [0.3, 0.4) is 0 Å². The van der Waals surface area contributed by atoms with Crippen molar-refractivity contribution in [3.8, 4) is 28.2 Å². The molecule has 3 aromatic heterocycles. The normalized spacial score (nSPS) is 11.3. The van der Waals surface area contributed by atoms with Crippen LogP contribution in [0, 0.1) is 26.0 Å². The number of hydrogen-bond donors (Lipinski definition) is 0. The molecule has 49 heavy (non-hydrogen) atoms. The molecule has 0 aliphatic heterocycles. The molecule has 0 atom stereocenters. The van der Waals surface area contributed by atoms with Crippen LogP contribution >= 0.6 is 0 Å². The quantitative estimate of drug-likeness (QED) is 0.163. The Labute approximate surface area is 302 Å². The van der Waals surface area contributed by atoms with E-state index in [0.29, 0.717) is 11.8 Å². The molecular formula is C44H39IrN3O-2. The average Bonchev–Trinajstić information content (AvgIpc) is 3.70. The number of para-hydroxylation sites is 3. The van der Waals surface area contributed by atoms with E-state index in [1.165, 1.54) is 38.5 Å². The number of benzene rings is 5. The van der Waals surface area contributed by atoms with Gasteiger partial charge in [0.2, 0.25) is 0 Å². The van der Waals surface area contributed by atoms with Crippen LogP contribution in [-0.4, -0.2) is 14.7 Å². The van der Waals surface area contributed by atoms with Gasteiger partial charge in [0, 0.05) is 48.6 Å². The SMILES string of the molecule is CC(C)c1[c-]c(-c2noc3ccccc23)cc(C(C)C)c1.Cc1cnc(-c2[c-]ccc3c4ccccc4n(-c4ccccc4)c23)cc1C.[Ir]. The largest absolute Gasteiger partial charge is 0.366 e. The Balaban J connectivity index is 0.000000172. The summed E-state index contributed by atoms with van der Waals surface area (Å²) >= 11 is 0. The zero-order valence-electron chi connectivity index (χ0n) is 28.7. The molecule has 8 rings (SSSR count). The molecule has 0 unspecified atom stereocenters. The van der Waals surface area contributed by atoms with Crippen LogP contribution in [-0.2, 0) is 20.1 Å². The predicted molar refractivity (Wildman–Crippen MR) is 199 cm³/mol. The van der Waals surface area contributed by atoms with Crippen molar-refractivity contribution < 1.29 is 24.6 Å². The predicted octanol–water partition coefficient (Wildman–Crippen LogP) is 11.8. The summed E-state index contributed by atoms with van der Waals surface area (Å²) < 4.78 is 7.76. The molecule has 0 bridgehead atoms. The molecule has 3 heterocycles. The third kappa shape index (κ3) is 6.62. The van der Waals surface area contributed by atoms with Crippen LogP contribution in [0.4, 0.5) is 0 Å². The number of pyridine rings is 1. The maximum Gasteiger partial charge on any atom is 0.157 e. The molecule has 1 radical (unpaired) electrons. The van der Waals surface area contributed by atoms with E-state index in [1.54, 1.807) is 0 Å². The molecule has 0 spiro atoms. The fraction of sp³-hybridized carbons (Fsp3) is 0.182. The van der Waals surface area contributed by atoms with Crippen molar-refractivity contribution >= 4 is 32.8 Å². The van der Waals surface area contributed by atoms with E-state index in [4.69, 9.17) is 9.51 Å². The van der Waals surface area contributed by atoms with Crippen LogP contribution in [0.5, 0.6) is 0 Å². The second-order valence-electron chi connectivity index (χ2n) is 13.1. The molecule has 0 saturated heterocycles. The minimum atomic E-state index is 0. The topological polar surface area (TPSA) is 43.9 Å². The summed E-state index contributed by atoms with van der Waals surface area (Å²) in [6, 6.07) is 44.8. The molecule has 0 amide bonds. The van der Waals surface area contributed by atoms with E-state index in [1.807, 2.05) is 36.5 Å². The number of aromatic nitrogens is 3. The Morgan fingerprint density at radius 2 is 1.43 bits per heavy atom. The fourth-order valence-corrected chi connectivity index (χ4v) is 6.23. The van der Waals surface area contributed by atoms with Gasteiger partial charge in [0.25, 0.3) is 0 Å². The molecule has 0 fully saturated rings. The summed E-state index contributed by atoms with van der Waals surface area (Å²) in [4.78, 5) is 4.72. The Morgan fingerprint density at radius 3 is 2.16 bits per heavy atom. The van der Waals surface area contributed by atoms with Crippen molar-refractivity contribution in [3.05, 3.63) is 150 Å². The number of rotatable bonds is 5. The molecule has 5 aromatic carbocycles. The van der Waals surface area contributed by atoms with Gasteiger partial charge < -0.3 is 14.1 Å².